The zero-order valence-electron chi connectivity index (χ0n) is 12.1. The van der Waals surface area contributed by atoms with Crippen LogP contribution in [0.1, 0.15) is 22.6 Å². The summed E-state index contributed by atoms with van der Waals surface area (Å²) in [5.74, 6) is 1.14. The first-order chi connectivity index (χ1) is 10.4. The molecule has 0 saturated heterocycles. The van der Waals surface area contributed by atoms with Crippen LogP contribution >= 0.6 is 0 Å². The van der Waals surface area contributed by atoms with Gasteiger partial charge in [0.2, 0.25) is 0 Å². The second-order valence-electron chi connectivity index (χ2n) is 5.03. The van der Waals surface area contributed by atoms with Crippen LogP contribution in [-0.2, 0) is 0 Å². The molecule has 0 aromatic heterocycles. The van der Waals surface area contributed by atoms with E-state index in [-0.39, 0.29) is 5.92 Å². The highest BCUT2D eigenvalue weighted by molar-refractivity contribution is 5.44. The van der Waals surface area contributed by atoms with Gasteiger partial charge in [-0.2, -0.15) is 0 Å². The molecule has 3 aromatic carbocycles. The Kier molecular flexibility index (Phi) is 4.02. The normalized spacial score (nSPS) is 10.6. The van der Waals surface area contributed by atoms with Crippen LogP contribution in [0.2, 0.25) is 0 Å². The van der Waals surface area contributed by atoms with Crippen molar-refractivity contribution in [3.63, 3.8) is 0 Å². The fourth-order valence-corrected chi connectivity index (χ4v) is 2.66. The first kappa shape index (κ1) is 13.4. The molecule has 21 heavy (non-hydrogen) atoms. The molecule has 3 rings (SSSR count). The van der Waals surface area contributed by atoms with Crippen molar-refractivity contribution in [2.24, 2.45) is 0 Å². The molecule has 0 heterocycles. The summed E-state index contributed by atoms with van der Waals surface area (Å²) in [5.41, 5.74) is 3.87. The van der Waals surface area contributed by atoms with E-state index in [0.717, 1.165) is 5.75 Å². The van der Waals surface area contributed by atoms with Gasteiger partial charge in [-0.05, 0) is 28.8 Å². The Labute approximate surface area is 125 Å². The molecular weight excluding hydrogens is 256 g/mol. The zero-order valence-corrected chi connectivity index (χ0v) is 12.1. The van der Waals surface area contributed by atoms with Crippen LogP contribution in [0.5, 0.6) is 5.75 Å². The summed E-state index contributed by atoms with van der Waals surface area (Å²) in [6.07, 6.45) is 0. The van der Waals surface area contributed by atoms with Crippen LogP contribution in [0.4, 0.5) is 0 Å². The molecule has 0 aliphatic rings. The molecule has 3 aromatic rings. The van der Waals surface area contributed by atoms with Gasteiger partial charge in [0.25, 0.3) is 0 Å². The first-order valence-corrected chi connectivity index (χ1v) is 7.12. The summed E-state index contributed by atoms with van der Waals surface area (Å²) in [7, 11) is 1.70. The lowest BCUT2D eigenvalue weighted by molar-refractivity contribution is 0.414. The molecule has 0 N–H and O–H groups in total. The number of hydrogen-bond donors (Lipinski definition) is 0. The number of rotatable bonds is 4. The summed E-state index contributed by atoms with van der Waals surface area (Å²) >= 11 is 0. The van der Waals surface area contributed by atoms with E-state index >= 15 is 0 Å². The van der Waals surface area contributed by atoms with Crippen molar-refractivity contribution in [2.75, 3.05) is 7.11 Å². The minimum absolute atomic E-state index is 0.248. The van der Waals surface area contributed by atoms with Gasteiger partial charge in [-0.25, -0.2) is 0 Å². The lowest BCUT2D eigenvalue weighted by Crippen LogP contribution is -2.03. The first-order valence-electron chi connectivity index (χ1n) is 7.12. The van der Waals surface area contributed by atoms with Crippen LogP contribution in [0.15, 0.2) is 84.9 Å². The molecule has 0 aliphatic heterocycles. The number of methoxy groups -OCH3 is 1. The van der Waals surface area contributed by atoms with Gasteiger partial charge in [0.15, 0.2) is 0 Å². The summed E-state index contributed by atoms with van der Waals surface area (Å²) < 4.78 is 5.26. The van der Waals surface area contributed by atoms with E-state index in [2.05, 4.69) is 72.8 Å². The van der Waals surface area contributed by atoms with Gasteiger partial charge < -0.3 is 4.74 Å². The Balaban J connectivity index is 2.07. The maximum Gasteiger partial charge on any atom is 0.118 e. The van der Waals surface area contributed by atoms with Crippen molar-refractivity contribution in [3.8, 4) is 5.75 Å². The Bertz CT molecular complexity index is 633. The molecule has 0 fully saturated rings. The number of hydrogen-bond acceptors (Lipinski definition) is 1. The predicted molar refractivity (Wildman–Crippen MR) is 86.8 cm³/mol. The SMILES string of the molecule is COc1ccc(C(c2ccccc2)c2ccccc2)cc1. The summed E-state index contributed by atoms with van der Waals surface area (Å²) in [4.78, 5) is 0. The van der Waals surface area contributed by atoms with Crippen LogP contribution in [0.3, 0.4) is 0 Å². The van der Waals surface area contributed by atoms with Gasteiger partial charge in [0, 0.05) is 5.92 Å². The Hall–Kier alpha value is -2.54. The zero-order chi connectivity index (χ0) is 14.5. The summed E-state index contributed by atoms with van der Waals surface area (Å²) in [6.45, 7) is 0. The predicted octanol–water partition coefficient (Wildman–Crippen LogP) is 4.88. The van der Waals surface area contributed by atoms with E-state index in [9.17, 15) is 0 Å². The fraction of sp³-hybridized carbons (Fsp3) is 0.100. The van der Waals surface area contributed by atoms with E-state index in [1.807, 2.05) is 12.1 Å². The molecule has 0 saturated carbocycles. The number of benzene rings is 3. The second kappa shape index (κ2) is 6.27. The standard InChI is InChI=1S/C20H18O/c1-21-19-14-12-18(13-15-19)20(16-8-4-2-5-9-16)17-10-6-3-7-11-17/h2-15,20H,1H3. The molecule has 0 radical (unpaired) electrons. The molecule has 1 nitrogen and oxygen atoms in total. The fourth-order valence-electron chi connectivity index (χ4n) is 2.66. The molecule has 0 aliphatic carbocycles. The molecular formula is C20H18O. The molecule has 104 valence electrons. The lowest BCUT2D eigenvalue weighted by atomic mass is 9.85. The third-order valence-corrected chi connectivity index (χ3v) is 3.71. The van der Waals surface area contributed by atoms with E-state index in [1.54, 1.807) is 7.11 Å². The van der Waals surface area contributed by atoms with Gasteiger partial charge in [0.1, 0.15) is 5.75 Å². The van der Waals surface area contributed by atoms with E-state index in [4.69, 9.17) is 4.74 Å². The topological polar surface area (TPSA) is 9.23 Å². The van der Waals surface area contributed by atoms with E-state index in [0.29, 0.717) is 0 Å². The van der Waals surface area contributed by atoms with Crippen molar-refractivity contribution >= 4 is 0 Å². The van der Waals surface area contributed by atoms with Gasteiger partial charge in [-0.15, -0.1) is 0 Å². The Morgan fingerprint density at radius 1 is 0.571 bits per heavy atom. The van der Waals surface area contributed by atoms with Gasteiger partial charge in [-0.3, -0.25) is 0 Å². The summed E-state index contributed by atoms with van der Waals surface area (Å²) in [6, 6.07) is 29.5. The third-order valence-electron chi connectivity index (χ3n) is 3.71. The van der Waals surface area contributed by atoms with Crippen molar-refractivity contribution in [1.29, 1.82) is 0 Å². The highest BCUT2D eigenvalue weighted by atomic mass is 16.5. The summed E-state index contributed by atoms with van der Waals surface area (Å²) in [5, 5.41) is 0. The second-order valence-corrected chi connectivity index (χ2v) is 5.03. The molecule has 0 unspecified atom stereocenters. The van der Waals surface area contributed by atoms with E-state index in [1.165, 1.54) is 16.7 Å². The van der Waals surface area contributed by atoms with E-state index < -0.39 is 0 Å². The quantitative estimate of drug-likeness (QED) is 0.616. The van der Waals surface area contributed by atoms with Crippen molar-refractivity contribution in [2.45, 2.75) is 5.92 Å². The minimum Gasteiger partial charge on any atom is -0.497 e. The molecule has 0 amide bonds. The van der Waals surface area contributed by atoms with Crippen LogP contribution in [0, 0.1) is 0 Å². The largest absolute Gasteiger partial charge is 0.497 e. The van der Waals surface area contributed by atoms with Crippen LogP contribution in [0.25, 0.3) is 0 Å². The van der Waals surface area contributed by atoms with Gasteiger partial charge in [-0.1, -0.05) is 72.8 Å². The third kappa shape index (κ3) is 2.97. The average molecular weight is 274 g/mol. The van der Waals surface area contributed by atoms with Crippen molar-refractivity contribution in [1.82, 2.24) is 0 Å². The lowest BCUT2D eigenvalue weighted by Gasteiger charge is -2.19. The van der Waals surface area contributed by atoms with Crippen molar-refractivity contribution < 1.29 is 4.74 Å². The van der Waals surface area contributed by atoms with Crippen LogP contribution < -0.4 is 4.74 Å². The number of ether oxygens (including phenoxy) is 1. The Morgan fingerprint density at radius 2 is 1.00 bits per heavy atom. The minimum atomic E-state index is 0.248. The maximum absolute atomic E-state index is 5.26. The average Bonchev–Trinajstić information content (AvgIpc) is 2.58. The monoisotopic (exact) mass is 274 g/mol. The molecule has 1 heteroatoms. The molecule has 0 spiro atoms. The van der Waals surface area contributed by atoms with Crippen LogP contribution in [-0.4, -0.2) is 7.11 Å². The van der Waals surface area contributed by atoms with Gasteiger partial charge in [0.05, 0.1) is 7.11 Å². The highest BCUT2D eigenvalue weighted by Crippen LogP contribution is 2.32. The smallest absolute Gasteiger partial charge is 0.118 e. The Morgan fingerprint density at radius 3 is 1.43 bits per heavy atom. The van der Waals surface area contributed by atoms with Gasteiger partial charge >= 0.3 is 0 Å². The maximum atomic E-state index is 5.26. The highest BCUT2D eigenvalue weighted by Gasteiger charge is 2.16. The molecule has 0 atom stereocenters. The van der Waals surface area contributed by atoms with Crippen molar-refractivity contribution in [3.05, 3.63) is 102 Å². The molecule has 0 bridgehead atoms.